The van der Waals surface area contributed by atoms with Crippen molar-refractivity contribution in [2.24, 2.45) is 0 Å². The third-order valence-electron chi connectivity index (χ3n) is 9.85. The molecule has 2 aromatic heterocycles. The van der Waals surface area contributed by atoms with Crippen LogP contribution in [0.1, 0.15) is 0 Å². The van der Waals surface area contributed by atoms with Gasteiger partial charge in [-0.1, -0.05) is 133 Å². The Morgan fingerprint density at radius 1 is 0.294 bits per heavy atom. The third kappa shape index (κ3) is 5.21. The molecule has 8 aromatic carbocycles. The number of nitrogens with zero attached hydrogens (tertiary/aromatic N) is 1. The Labute approximate surface area is 304 Å². The van der Waals surface area contributed by atoms with Crippen LogP contribution >= 0.6 is 22.7 Å². The Bertz CT molecular complexity index is 2680. The Kier molecular flexibility index (Phi) is 7.26. The predicted molar refractivity (Wildman–Crippen MR) is 223 cm³/mol. The Hall–Kier alpha value is -6.00. The summed E-state index contributed by atoms with van der Waals surface area (Å²) in [4.78, 5) is 2.48. The minimum Gasteiger partial charge on any atom is -0.308 e. The molecule has 0 radical (unpaired) electrons. The van der Waals surface area contributed by atoms with Gasteiger partial charge in [0, 0.05) is 36.6 Å². The lowest BCUT2D eigenvalue weighted by Gasteiger charge is -2.27. The maximum Gasteiger partial charge on any atom is 0.0640 e. The van der Waals surface area contributed by atoms with Gasteiger partial charge in [-0.3, -0.25) is 0 Å². The standard InChI is InChI=1S/C48H31NS2/c1-3-13-32(14-4-1)35-29-36(33-15-5-2-6-16-33)31-37(30-35)34-25-27-38(28-26-34)49(43-21-11-19-41-39-17-7-9-23-45(39)50-47(41)43)44-22-12-20-42-40-18-8-10-24-46(40)51-48(42)44/h1-31H. The van der Waals surface area contributed by atoms with Crippen LogP contribution in [0.2, 0.25) is 0 Å². The van der Waals surface area contributed by atoms with E-state index in [4.69, 9.17) is 0 Å². The first-order valence-electron chi connectivity index (χ1n) is 17.3. The van der Waals surface area contributed by atoms with Gasteiger partial charge in [0.15, 0.2) is 0 Å². The van der Waals surface area contributed by atoms with Gasteiger partial charge in [0.25, 0.3) is 0 Å². The molecule has 0 saturated heterocycles. The summed E-state index contributed by atoms with van der Waals surface area (Å²) >= 11 is 3.75. The molecular formula is C48H31NS2. The van der Waals surface area contributed by atoms with E-state index in [0.717, 1.165) is 5.69 Å². The maximum atomic E-state index is 2.48. The Balaban J connectivity index is 1.16. The number of rotatable bonds is 6. The molecule has 0 N–H and O–H groups in total. The molecule has 0 aliphatic carbocycles. The van der Waals surface area contributed by atoms with Gasteiger partial charge in [-0.25, -0.2) is 0 Å². The molecule has 0 saturated carbocycles. The highest BCUT2D eigenvalue weighted by atomic mass is 32.1. The monoisotopic (exact) mass is 685 g/mol. The highest BCUT2D eigenvalue weighted by Crippen LogP contribution is 2.49. The molecule has 0 spiro atoms. The topological polar surface area (TPSA) is 3.24 Å². The molecule has 0 atom stereocenters. The molecule has 0 bridgehead atoms. The SMILES string of the molecule is c1ccc(-c2cc(-c3ccccc3)cc(-c3ccc(N(c4cccc5c4sc4ccccc45)c4cccc5c4sc4ccccc45)cc3)c2)cc1. The normalized spacial score (nSPS) is 11.5. The van der Waals surface area contributed by atoms with Crippen LogP contribution in [0.15, 0.2) is 188 Å². The second kappa shape index (κ2) is 12.4. The summed E-state index contributed by atoms with van der Waals surface area (Å²) in [5.41, 5.74) is 10.8. The lowest BCUT2D eigenvalue weighted by atomic mass is 9.93. The maximum absolute atomic E-state index is 2.48. The van der Waals surface area contributed by atoms with Crippen LogP contribution in [-0.2, 0) is 0 Å². The number of hydrogen-bond acceptors (Lipinski definition) is 3. The summed E-state index contributed by atoms with van der Waals surface area (Å²) < 4.78 is 5.21. The van der Waals surface area contributed by atoms with Crippen molar-refractivity contribution in [3.05, 3.63) is 188 Å². The highest BCUT2D eigenvalue weighted by Gasteiger charge is 2.21. The van der Waals surface area contributed by atoms with Crippen molar-refractivity contribution >= 4 is 80.1 Å². The fourth-order valence-corrected chi connectivity index (χ4v) is 9.83. The average molecular weight is 686 g/mol. The van der Waals surface area contributed by atoms with Gasteiger partial charge in [-0.2, -0.15) is 0 Å². The number of hydrogen-bond donors (Lipinski definition) is 0. The van der Waals surface area contributed by atoms with Crippen molar-refractivity contribution in [2.45, 2.75) is 0 Å². The zero-order valence-corrected chi connectivity index (χ0v) is 29.3. The van der Waals surface area contributed by atoms with E-state index in [1.807, 2.05) is 22.7 Å². The minimum absolute atomic E-state index is 1.14. The van der Waals surface area contributed by atoms with Crippen molar-refractivity contribution < 1.29 is 0 Å². The van der Waals surface area contributed by atoms with Crippen LogP contribution < -0.4 is 4.90 Å². The van der Waals surface area contributed by atoms with Gasteiger partial charge in [0.2, 0.25) is 0 Å². The molecule has 0 unspecified atom stereocenters. The smallest absolute Gasteiger partial charge is 0.0640 e. The summed E-state index contributed by atoms with van der Waals surface area (Å²) in [6.07, 6.45) is 0. The quantitative estimate of drug-likeness (QED) is 0.168. The molecule has 0 fully saturated rings. The second-order valence-electron chi connectivity index (χ2n) is 12.9. The van der Waals surface area contributed by atoms with Crippen LogP contribution in [0.3, 0.4) is 0 Å². The van der Waals surface area contributed by atoms with Crippen LogP contribution in [0.25, 0.3) is 73.7 Å². The Morgan fingerprint density at radius 3 is 1.16 bits per heavy atom. The zero-order chi connectivity index (χ0) is 33.7. The number of anilines is 3. The van der Waals surface area contributed by atoms with Gasteiger partial charge in [0.05, 0.1) is 20.8 Å². The molecule has 0 aliphatic rings. The molecule has 0 amide bonds. The molecule has 1 nitrogen and oxygen atoms in total. The van der Waals surface area contributed by atoms with Gasteiger partial charge in [0.1, 0.15) is 0 Å². The molecule has 0 aliphatic heterocycles. The fourth-order valence-electron chi connectivity index (χ4n) is 7.42. The third-order valence-corrected chi connectivity index (χ3v) is 12.3. The van der Waals surface area contributed by atoms with Crippen LogP contribution in [0.4, 0.5) is 17.1 Å². The molecule has 51 heavy (non-hydrogen) atoms. The molecule has 240 valence electrons. The van der Waals surface area contributed by atoms with E-state index in [1.54, 1.807) is 0 Å². The first-order valence-corrected chi connectivity index (χ1v) is 18.9. The minimum atomic E-state index is 1.14. The van der Waals surface area contributed by atoms with Crippen molar-refractivity contribution in [3.63, 3.8) is 0 Å². The van der Waals surface area contributed by atoms with Gasteiger partial charge in [-0.15, -0.1) is 22.7 Å². The number of benzene rings is 8. The highest BCUT2D eigenvalue weighted by molar-refractivity contribution is 7.27. The Morgan fingerprint density at radius 2 is 0.686 bits per heavy atom. The molecule has 10 aromatic rings. The van der Waals surface area contributed by atoms with E-state index in [0.29, 0.717) is 0 Å². The van der Waals surface area contributed by atoms with E-state index in [9.17, 15) is 0 Å². The fraction of sp³-hybridized carbons (Fsp3) is 0. The molecule has 10 rings (SSSR count). The van der Waals surface area contributed by atoms with Gasteiger partial charge in [-0.05, 0) is 88.0 Å². The lowest BCUT2D eigenvalue weighted by molar-refractivity contribution is 1.32. The van der Waals surface area contributed by atoms with E-state index < -0.39 is 0 Å². The average Bonchev–Trinajstić information content (AvgIpc) is 3.78. The van der Waals surface area contributed by atoms with Crippen LogP contribution in [0, 0.1) is 0 Å². The lowest BCUT2D eigenvalue weighted by Crippen LogP contribution is -2.10. The van der Waals surface area contributed by atoms with Crippen molar-refractivity contribution in [1.29, 1.82) is 0 Å². The summed E-state index contributed by atoms with van der Waals surface area (Å²) in [5, 5.41) is 5.21. The van der Waals surface area contributed by atoms with Gasteiger partial charge < -0.3 is 4.90 Å². The molecular weight excluding hydrogens is 655 g/mol. The van der Waals surface area contributed by atoms with Crippen LogP contribution in [0.5, 0.6) is 0 Å². The predicted octanol–water partition coefficient (Wildman–Crippen LogP) is 14.9. The molecule has 2 heterocycles. The zero-order valence-electron chi connectivity index (χ0n) is 27.7. The summed E-state index contributed by atoms with van der Waals surface area (Å²) in [6, 6.07) is 68.6. The largest absolute Gasteiger partial charge is 0.308 e. The van der Waals surface area contributed by atoms with Crippen molar-refractivity contribution in [2.75, 3.05) is 4.90 Å². The first-order chi connectivity index (χ1) is 25.3. The molecule has 3 heteroatoms. The van der Waals surface area contributed by atoms with E-state index in [1.165, 1.54) is 85.1 Å². The first kappa shape index (κ1) is 29.9. The van der Waals surface area contributed by atoms with E-state index in [-0.39, 0.29) is 0 Å². The van der Waals surface area contributed by atoms with Crippen molar-refractivity contribution in [1.82, 2.24) is 0 Å². The van der Waals surface area contributed by atoms with Crippen LogP contribution in [-0.4, -0.2) is 0 Å². The van der Waals surface area contributed by atoms with E-state index in [2.05, 4.69) is 193 Å². The summed E-state index contributed by atoms with van der Waals surface area (Å²) in [6.45, 7) is 0. The number of fused-ring (bicyclic) bond motifs is 6. The summed E-state index contributed by atoms with van der Waals surface area (Å²) in [7, 11) is 0. The van der Waals surface area contributed by atoms with Crippen molar-refractivity contribution in [3.8, 4) is 33.4 Å². The van der Waals surface area contributed by atoms with Gasteiger partial charge >= 0.3 is 0 Å². The summed E-state index contributed by atoms with van der Waals surface area (Å²) in [5.74, 6) is 0. The van der Waals surface area contributed by atoms with E-state index >= 15 is 0 Å². The number of thiophene rings is 2. The second-order valence-corrected chi connectivity index (χ2v) is 15.0.